The van der Waals surface area contributed by atoms with Crippen LogP contribution < -0.4 is 4.90 Å². The van der Waals surface area contributed by atoms with Gasteiger partial charge in [-0.05, 0) is 23.8 Å². The highest BCUT2D eigenvalue weighted by atomic mass is 35.5. The zero-order valence-corrected chi connectivity index (χ0v) is 15.7. The van der Waals surface area contributed by atoms with Crippen LogP contribution in [0.15, 0.2) is 54.6 Å². The summed E-state index contributed by atoms with van der Waals surface area (Å²) in [6.07, 6.45) is 0. The summed E-state index contributed by atoms with van der Waals surface area (Å²) < 4.78 is 24.7. The van der Waals surface area contributed by atoms with Gasteiger partial charge in [0.2, 0.25) is 5.91 Å². The van der Waals surface area contributed by atoms with Crippen molar-refractivity contribution >= 4 is 33.0 Å². The average molecular weight is 391 g/mol. The predicted octanol–water partition coefficient (Wildman–Crippen LogP) is 2.35. The van der Waals surface area contributed by atoms with E-state index in [0.29, 0.717) is 11.6 Å². The molecule has 2 atom stereocenters. The first-order chi connectivity index (χ1) is 12.4. The van der Waals surface area contributed by atoms with Gasteiger partial charge in [0.15, 0.2) is 9.84 Å². The van der Waals surface area contributed by atoms with Crippen molar-refractivity contribution < 1.29 is 13.2 Å². The van der Waals surface area contributed by atoms with E-state index in [0.717, 1.165) is 11.3 Å². The lowest BCUT2D eigenvalue weighted by Gasteiger charge is -2.43. The fraction of sp³-hybridized carbons (Fsp3) is 0.316. The van der Waals surface area contributed by atoms with Gasteiger partial charge < -0.3 is 4.90 Å². The van der Waals surface area contributed by atoms with Crippen molar-refractivity contribution in [2.45, 2.75) is 18.6 Å². The molecule has 0 N–H and O–H groups in total. The Morgan fingerprint density at radius 3 is 2.35 bits per heavy atom. The number of benzene rings is 2. The number of fused-ring (bicyclic) bond motifs is 1. The molecule has 2 heterocycles. The molecule has 0 aromatic heterocycles. The lowest BCUT2D eigenvalue weighted by atomic mass is 10.0. The molecule has 0 aliphatic carbocycles. The Balaban J connectivity index is 1.68. The molecule has 0 spiro atoms. The van der Waals surface area contributed by atoms with Crippen molar-refractivity contribution in [1.82, 2.24) is 4.90 Å². The number of carbonyl (C=O) groups excluding carboxylic acids is 1. The molecule has 2 aromatic carbocycles. The molecular weight excluding hydrogens is 372 g/mol. The molecule has 0 unspecified atom stereocenters. The van der Waals surface area contributed by atoms with Crippen molar-refractivity contribution in [1.29, 1.82) is 0 Å². The van der Waals surface area contributed by atoms with Crippen molar-refractivity contribution in [3.05, 3.63) is 65.2 Å². The first-order valence-corrected chi connectivity index (χ1v) is 10.7. The molecule has 1 amide bonds. The maximum atomic E-state index is 12.9. The largest absolute Gasteiger partial charge is 0.306 e. The first kappa shape index (κ1) is 17.5. The second-order valence-corrected chi connectivity index (χ2v) is 9.37. The Kier molecular flexibility index (Phi) is 4.50. The highest BCUT2D eigenvalue weighted by molar-refractivity contribution is 7.91. The number of hydrogen-bond acceptors (Lipinski definition) is 4. The summed E-state index contributed by atoms with van der Waals surface area (Å²) in [5.41, 5.74) is 1.65. The van der Waals surface area contributed by atoms with Crippen LogP contribution in [-0.4, -0.2) is 49.4 Å². The molecule has 2 aliphatic heterocycles. The van der Waals surface area contributed by atoms with E-state index in [-0.39, 0.29) is 36.0 Å². The molecule has 2 saturated heterocycles. The van der Waals surface area contributed by atoms with Crippen LogP contribution in [0.2, 0.25) is 5.02 Å². The van der Waals surface area contributed by atoms with Crippen molar-refractivity contribution in [2.75, 3.05) is 23.0 Å². The summed E-state index contributed by atoms with van der Waals surface area (Å²) >= 11 is 6.26. The third kappa shape index (κ3) is 3.24. The van der Waals surface area contributed by atoms with Crippen molar-refractivity contribution in [3.8, 4) is 0 Å². The number of piperazine rings is 1. The van der Waals surface area contributed by atoms with E-state index < -0.39 is 9.84 Å². The van der Waals surface area contributed by atoms with Crippen LogP contribution >= 0.6 is 11.6 Å². The van der Waals surface area contributed by atoms with Gasteiger partial charge in [0.1, 0.15) is 0 Å². The molecule has 0 saturated carbocycles. The van der Waals surface area contributed by atoms with Gasteiger partial charge in [0.05, 0.1) is 24.1 Å². The van der Waals surface area contributed by atoms with E-state index in [4.69, 9.17) is 11.6 Å². The van der Waals surface area contributed by atoms with Crippen LogP contribution in [0.5, 0.6) is 0 Å². The molecular formula is C19H19ClN2O3S. The van der Waals surface area contributed by atoms with Gasteiger partial charge in [-0.1, -0.05) is 48.0 Å². The maximum absolute atomic E-state index is 12.9. The maximum Gasteiger partial charge on any atom is 0.241 e. The molecule has 4 rings (SSSR count). The number of anilines is 1. The van der Waals surface area contributed by atoms with Crippen LogP contribution in [0.3, 0.4) is 0 Å². The third-order valence-electron chi connectivity index (χ3n) is 5.07. The van der Waals surface area contributed by atoms with E-state index in [1.165, 1.54) is 0 Å². The lowest BCUT2D eigenvalue weighted by Crippen LogP contribution is -2.61. The second kappa shape index (κ2) is 6.68. The number of sulfone groups is 1. The number of hydrogen-bond donors (Lipinski definition) is 0. The van der Waals surface area contributed by atoms with Gasteiger partial charge >= 0.3 is 0 Å². The van der Waals surface area contributed by atoms with Gasteiger partial charge in [-0.15, -0.1) is 0 Å². The summed E-state index contributed by atoms with van der Waals surface area (Å²) in [6, 6.07) is 16.2. The minimum atomic E-state index is -3.20. The summed E-state index contributed by atoms with van der Waals surface area (Å²) in [7, 11) is -3.20. The Hall–Kier alpha value is -1.89. The highest BCUT2D eigenvalue weighted by Crippen LogP contribution is 2.33. The van der Waals surface area contributed by atoms with Crippen LogP contribution in [0.1, 0.15) is 5.56 Å². The number of para-hydroxylation sites is 1. The summed E-state index contributed by atoms with van der Waals surface area (Å²) in [4.78, 5) is 16.5. The van der Waals surface area contributed by atoms with Gasteiger partial charge in [-0.25, -0.2) is 8.42 Å². The molecule has 136 valence electrons. The lowest BCUT2D eigenvalue weighted by molar-refractivity contribution is -0.123. The average Bonchev–Trinajstić information content (AvgIpc) is 2.93. The Morgan fingerprint density at radius 1 is 0.962 bits per heavy atom. The fourth-order valence-corrected chi connectivity index (χ4v) is 6.08. The second-order valence-electron chi connectivity index (χ2n) is 6.81. The van der Waals surface area contributed by atoms with Crippen molar-refractivity contribution in [2.24, 2.45) is 0 Å². The normalized spacial score (nSPS) is 25.3. The molecule has 2 aliphatic rings. The smallest absolute Gasteiger partial charge is 0.241 e. The van der Waals surface area contributed by atoms with Crippen LogP contribution in [0, 0.1) is 0 Å². The third-order valence-corrected chi connectivity index (χ3v) is 7.13. The minimum absolute atomic E-state index is 0.00266. The monoisotopic (exact) mass is 390 g/mol. The van der Waals surface area contributed by atoms with Gasteiger partial charge in [-0.2, -0.15) is 0 Å². The van der Waals surface area contributed by atoms with Gasteiger partial charge in [0.25, 0.3) is 0 Å². The van der Waals surface area contributed by atoms with E-state index in [2.05, 4.69) is 0 Å². The quantitative estimate of drug-likeness (QED) is 0.807. The Morgan fingerprint density at radius 2 is 1.62 bits per heavy atom. The van der Waals surface area contributed by atoms with E-state index in [1.807, 2.05) is 59.5 Å². The minimum Gasteiger partial charge on any atom is -0.306 e. The Bertz CT molecular complexity index is 933. The number of rotatable bonds is 3. The number of halogens is 1. The fourth-order valence-electron chi connectivity index (χ4n) is 3.90. The molecule has 5 nitrogen and oxygen atoms in total. The van der Waals surface area contributed by atoms with Crippen LogP contribution in [-0.2, 0) is 21.2 Å². The SMILES string of the molecule is O=C1CN(Cc2ccccc2Cl)[C@@H]2CS(=O)(=O)C[C@H]2N1c1ccccc1. The molecule has 2 aromatic rings. The molecule has 7 heteroatoms. The molecule has 26 heavy (non-hydrogen) atoms. The summed E-state index contributed by atoms with van der Waals surface area (Å²) in [5.74, 6) is -0.0163. The molecule has 0 bridgehead atoms. The summed E-state index contributed by atoms with van der Waals surface area (Å²) in [5, 5.41) is 0.628. The van der Waals surface area contributed by atoms with Crippen molar-refractivity contribution in [3.63, 3.8) is 0 Å². The van der Waals surface area contributed by atoms with E-state index >= 15 is 0 Å². The summed E-state index contributed by atoms with van der Waals surface area (Å²) in [6.45, 7) is 0.640. The predicted molar refractivity (Wildman–Crippen MR) is 102 cm³/mol. The number of nitrogens with zero attached hydrogens (tertiary/aromatic N) is 2. The first-order valence-electron chi connectivity index (χ1n) is 8.49. The van der Waals surface area contributed by atoms with E-state index in [1.54, 1.807) is 4.90 Å². The Labute approximate surface area is 158 Å². The molecule has 0 radical (unpaired) electrons. The van der Waals surface area contributed by atoms with Crippen LogP contribution in [0.4, 0.5) is 5.69 Å². The zero-order valence-electron chi connectivity index (χ0n) is 14.1. The standard InChI is InChI=1S/C19H19ClN2O3S/c20-16-9-5-4-6-14(16)10-21-11-19(23)22(15-7-2-1-3-8-15)18-13-26(24,25)12-17(18)21/h1-9,17-18H,10-13H2/t17-,18-/m1/s1. The number of carbonyl (C=O) groups is 1. The molecule has 2 fully saturated rings. The van der Waals surface area contributed by atoms with Crippen LogP contribution in [0.25, 0.3) is 0 Å². The van der Waals surface area contributed by atoms with Gasteiger partial charge in [-0.3, -0.25) is 9.69 Å². The highest BCUT2D eigenvalue weighted by Gasteiger charge is 2.49. The number of amides is 1. The van der Waals surface area contributed by atoms with Gasteiger partial charge in [0, 0.05) is 23.3 Å². The zero-order chi connectivity index (χ0) is 18.3. The topological polar surface area (TPSA) is 57.7 Å². The van der Waals surface area contributed by atoms with E-state index in [9.17, 15) is 13.2 Å².